The van der Waals surface area contributed by atoms with Crippen LogP contribution in [0.2, 0.25) is 0 Å². The van der Waals surface area contributed by atoms with Gasteiger partial charge in [-0.1, -0.05) is 32.9 Å². The van der Waals surface area contributed by atoms with Crippen LogP contribution < -0.4 is 10.2 Å². The number of aryl methyl sites for hydroxylation is 1. The number of carbonyl (C=O) groups excluding carboxylic acids is 1. The van der Waals surface area contributed by atoms with Crippen molar-refractivity contribution in [1.82, 2.24) is 5.32 Å². The molecule has 22 heavy (non-hydrogen) atoms. The van der Waals surface area contributed by atoms with Crippen LogP contribution in [0.5, 0.6) is 0 Å². The summed E-state index contributed by atoms with van der Waals surface area (Å²) in [5, 5.41) is 3.08. The molecule has 0 spiro atoms. The van der Waals surface area contributed by atoms with Crippen LogP contribution in [0.1, 0.15) is 52.5 Å². The molecule has 3 nitrogen and oxygen atoms in total. The summed E-state index contributed by atoms with van der Waals surface area (Å²) in [7, 11) is 2.11. The van der Waals surface area contributed by atoms with E-state index in [1.807, 2.05) is 0 Å². The number of benzene rings is 1. The molecule has 1 rings (SSSR count). The first-order chi connectivity index (χ1) is 10.4. The monoisotopic (exact) mass is 304 g/mol. The van der Waals surface area contributed by atoms with Gasteiger partial charge in [-0.25, -0.2) is 0 Å². The van der Waals surface area contributed by atoms with Gasteiger partial charge in [0.15, 0.2) is 0 Å². The Morgan fingerprint density at radius 1 is 1.18 bits per heavy atom. The number of anilines is 1. The van der Waals surface area contributed by atoms with Crippen molar-refractivity contribution in [3.05, 3.63) is 29.8 Å². The van der Waals surface area contributed by atoms with Crippen LogP contribution in [0.15, 0.2) is 24.3 Å². The van der Waals surface area contributed by atoms with Gasteiger partial charge >= 0.3 is 0 Å². The van der Waals surface area contributed by atoms with Gasteiger partial charge in [-0.05, 0) is 49.8 Å². The van der Waals surface area contributed by atoms with Crippen molar-refractivity contribution in [2.24, 2.45) is 5.92 Å². The molecule has 124 valence electrons. The van der Waals surface area contributed by atoms with Crippen LogP contribution in [-0.4, -0.2) is 25.5 Å². The summed E-state index contributed by atoms with van der Waals surface area (Å²) in [6.07, 6.45) is 3.54. The molecule has 0 fully saturated rings. The van der Waals surface area contributed by atoms with Crippen molar-refractivity contribution < 1.29 is 4.79 Å². The van der Waals surface area contributed by atoms with Gasteiger partial charge in [-0.3, -0.25) is 4.79 Å². The number of amides is 1. The average molecular weight is 304 g/mol. The van der Waals surface area contributed by atoms with E-state index in [0.29, 0.717) is 12.3 Å². The Kier molecular flexibility index (Phi) is 8.00. The van der Waals surface area contributed by atoms with E-state index in [-0.39, 0.29) is 11.9 Å². The molecule has 1 aromatic carbocycles. The third-order valence-electron chi connectivity index (χ3n) is 3.81. The maximum atomic E-state index is 11.9. The van der Waals surface area contributed by atoms with Crippen molar-refractivity contribution in [2.45, 2.75) is 59.4 Å². The molecule has 1 atom stereocenters. The molecule has 0 saturated carbocycles. The molecule has 0 bridgehead atoms. The highest BCUT2D eigenvalue weighted by molar-refractivity contribution is 5.76. The second kappa shape index (κ2) is 9.50. The molecule has 1 N–H and O–H groups in total. The molecule has 1 amide bonds. The predicted octanol–water partition coefficient (Wildman–Crippen LogP) is 4.02. The first kappa shape index (κ1) is 18.5. The summed E-state index contributed by atoms with van der Waals surface area (Å²) >= 11 is 0. The van der Waals surface area contributed by atoms with Gasteiger partial charge in [0.05, 0.1) is 0 Å². The van der Waals surface area contributed by atoms with Crippen molar-refractivity contribution in [2.75, 3.05) is 18.5 Å². The number of nitrogens with zero attached hydrogens (tertiary/aromatic N) is 1. The summed E-state index contributed by atoms with van der Waals surface area (Å²) < 4.78 is 0. The average Bonchev–Trinajstić information content (AvgIpc) is 2.45. The topological polar surface area (TPSA) is 32.3 Å². The number of carbonyl (C=O) groups is 1. The molecule has 0 saturated heterocycles. The maximum Gasteiger partial charge on any atom is 0.220 e. The molecule has 0 aliphatic carbocycles. The van der Waals surface area contributed by atoms with Gasteiger partial charge in [0, 0.05) is 31.7 Å². The van der Waals surface area contributed by atoms with E-state index >= 15 is 0 Å². The lowest BCUT2D eigenvalue weighted by molar-refractivity contribution is -0.121. The van der Waals surface area contributed by atoms with E-state index in [0.717, 1.165) is 25.8 Å². The highest BCUT2D eigenvalue weighted by atomic mass is 16.1. The zero-order chi connectivity index (χ0) is 16.5. The Labute approximate surface area is 136 Å². The predicted molar refractivity (Wildman–Crippen MR) is 95.4 cm³/mol. The molecule has 1 unspecified atom stereocenters. The van der Waals surface area contributed by atoms with Gasteiger partial charge in [-0.15, -0.1) is 0 Å². The van der Waals surface area contributed by atoms with Crippen molar-refractivity contribution in [1.29, 1.82) is 0 Å². The highest BCUT2D eigenvalue weighted by Crippen LogP contribution is 2.15. The zero-order valence-corrected chi connectivity index (χ0v) is 14.9. The molecule has 0 aromatic heterocycles. The van der Waals surface area contributed by atoms with Crippen LogP contribution in [0.3, 0.4) is 0 Å². The smallest absolute Gasteiger partial charge is 0.220 e. The minimum atomic E-state index is 0.153. The van der Waals surface area contributed by atoms with Crippen molar-refractivity contribution >= 4 is 11.6 Å². The van der Waals surface area contributed by atoms with Gasteiger partial charge in [0.2, 0.25) is 5.91 Å². The fourth-order valence-corrected chi connectivity index (χ4v) is 2.75. The highest BCUT2D eigenvalue weighted by Gasteiger charge is 2.09. The van der Waals surface area contributed by atoms with E-state index in [9.17, 15) is 4.79 Å². The van der Waals surface area contributed by atoms with E-state index in [4.69, 9.17) is 0 Å². The van der Waals surface area contributed by atoms with Gasteiger partial charge in [-0.2, -0.15) is 0 Å². The lowest BCUT2D eigenvalue weighted by Crippen LogP contribution is -2.33. The summed E-state index contributed by atoms with van der Waals surface area (Å²) in [6, 6.07) is 8.81. The lowest BCUT2D eigenvalue weighted by Gasteiger charge is -2.18. The largest absolute Gasteiger partial charge is 0.375 e. The summed E-state index contributed by atoms with van der Waals surface area (Å²) in [6.45, 7) is 9.69. The molecule has 0 heterocycles. The molecule has 0 aliphatic heterocycles. The molecule has 3 heteroatoms. The number of nitrogens with one attached hydrogen (secondary N) is 1. The van der Waals surface area contributed by atoms with E-state index < -0.39 is 0 Å². The minimum absolute atomic E-state index is 0.153. The molecule has 1 aromatic rings. The first-order valence-electron chi connectivity index (χ1n) is 8.51. The lowest BCUT2D eigenvalue weighted by atomic mass is 10.0. The van der Waals surface area contributed by atoms with Crippen LogP contribution >= 0.6 is 0 Å². The van der Waals surface area contributed by atoms with Crippen LogP contribution in [-0.2, 0) is 11.2 Å². The van der Waals surface area contributed by atoms with Crippen molar-refractivity contribution in [3.63, 3.8) is 0 Å². The third kappa shape index (κ3) is 6.97. The summed E-state index contributed by atoms with van der Waals surface area (Å²) in [5.74, 6) is 0.767. The fourth-order valence-electron chi connectivity index (χ4n) is 2.75. The van der Waals surface area contributed by atoms with Crippen LogP contribution in [0.25, 0.3) is 0 Å². The Morgan fingerprint density at radius 2 is 1.82 bits per heavy atom. The third-order valence-corrected chi connectivity index (χ3v) is 3.81. The Bertz CT molecular complexity index is 439. The van der Waals surface area contributed by atoms with E-state index in [1.54, 1.807) is 0 Å². The van der Waals surface area contributed by atoms with Crippen LogP contribution in [0.4, 0.5) is 5.69 Å². The summed E-state index contributed by atoms with van der Waals surface area (Å²) in [5.41, 5.74) is 2.46. The molecular formula is C19H32N2O. The van der Waals surface area contributed by atoms with Crippen LogP contribution in [0, 0.1) is 5.92 Å². The Balaban J connectivity index is 2.39. The number of hydrogen-bond donors (Lipinski definition) is 1. The number of hydrogen-bond acceptors (Lipinski definition) is 2. The summed E-state index contributed by atoms with van der Waals surface area (Å²) in [4.78, 5) is 14.2. The maximum absolute atomic E-state index is 11.9. The fraction of sp³-hybridized carbons (Fsp3) is 0.632. The van der Waals surface area contributed by atoms with Gasteiger partial charge in [0.25, 0.3) is 0 Å². The minimum Gasteiger partial charge on any atom is -0.375 e. The van der Waals surface area contributed by atoms with Gasteiger partial charge < -0.3 is 10.2 Å². The van der Waals surface area contributed by atoms with Gasteiger partial charge in [0.1, 0.15) is 0 Å². The Morgan fingerprint density at radius 3 is 2.36 bits per heavy atom. The van der Waals surface area contributed by atoms with E-state index in [1.165, 1.54) is 11.3 Å². The molecule has 0 aliphatic rings. The normalized spacial score (nSPS) is 12.3. The van der Waals surface area contributed by atoms with Crippen molar-refractivity contribution in [3.8, 4) is 0 Å². The standard InChI is InChI=1S/C19H32N2O/c1-6-13-21(5)18-10-7-17(8-11-18)9-12-19(22)20-16(4)14-15(2)3/h7-8,10-11,15-16H,6,9,12-14H2,1-5H3,(H,20,22). The quantitative estimate of drug-likeness (QED) is 0.747. The number of rotatable bonds is 9. The zero-order valence-electron chi connectivity index (χ0n) is 14.9. The van der Waals surface area contributed by atoms with E-state index in [2.05, 4.69) is 69.2 Å². The second-order valence-corrected chi connectivity index (χ2v) is 6.69. The Hall–Kier alpha value is -1.51. The second-order valence-electron chi connectivity index (χ2n) is 6.69. The molecule has 0 radical (unpaired) electrons. The SMILES string of the molecule is CCCN(C)c1ccc(CCC(=O)NC(C)CC(C)C)cc1. The molecular weight excluding hydrogens is 272 g/mol. The first-order valence-corrected chi connectivity index (χ1v) is 8.51.